The van der Waals surface area contributed by atoms with Crippen molar-refractivity contribution in [1.29, 1.82) is 0 Å². The lowest BCUT2D eigenvalue weighted by Crippen LogP contribution is -2.43. The molecule has 1 saturated heterocycles. The summed E-state index contributed by atoms with van der Waals surface area (Å²) in [6, 6.07) is 2.91. The molecule has 7 heteroatoms. The van der Waals surface area contributed by atoms with Crippen molar-refractivity contribution in [3.05, 3.63) is 29.8 Å². The van der Waals surface area contributed by atoms with E-state index in [1.54, 1.807) is 0 Å². The van der Waals surface area contributed by atoms with Crippen LogP contribution < -0.4 is 16.0 Å². The summed E-state index contributed by atoms with van der Waals surface area (Å²) in [6.07, 6.45) is 2.76. The molecule has 0 radical (unpaired) electrons. The van der Waals surface area contributed by atoms with Crippen molar-refractivity contribution in [1.82, 2.24) is 5.32 Å². The van der Waals surface area contributed by atoms with Crippen LogP contribution in [0, 0.1) is 17.6 Å². The van der Waals surface area contributed by atoms with E-state index in [4.69, 9.17) is 5.73 Å². The highest BCUT2D eigenvalue weighted by Crippen LogP contribution is 2.28. The number of amides is 2. The number of benzene rings is 1. The minimum Gasteiger partial charge on any atom is -0.352 e. The highest BCUT2D eigenvalue weighted by atomic mass is 19.1. The summed E-state index contributed by atoms with van der Waals surface area (Å²) >= 11 is 0. The van der Waals surface area contributed by atoms with E-state index in [9.17, 15) is 18.4 Å². The molecule has 132 valence electrons. The predicted molar refractivity (Wildman–Crippen MR) is 87.3 cm³/mol. The lowest BCUT2D eigenvalue weighted by molar-refractivity contribution is -0.126. The number of halogens is 2. The molecular weight excluding hydrogens is 316 g/mol. The molecule has 1 aliphatic heterocycles. The van der Waals surface area contributed by atoms with Gasteiger partial charge in [-0.1, -0.05) is 19.8 Å². The lowest BCUT2D eigenvalue weighted by atomic mass is 10.1. The minimum absolute atomic E-state index is 0.00180. The second-order valence-electron chi connectivity index (χ2n) is 6.08. The highest BCUT2D eigenvalue weighted by Gasteiger charge is 2.36. The molecule has 2 unspecified atom stereocenters. The molecule has 2 amide bonds. The fourth-order valence-electron chi connectivity index (χ4n) is 2.83. The fraction of sp³-hybridized carbons (Fsp3) is 0.529. The molecule has 2 atom stereocenters. The lowest BCUT2D eigenvalue weighted by Gasteiger charge is -2.20. The zero-order valence-electron chi connectivity index (χ0n) is 13.7. The van der Waals surface area contributed by atoms with Gasteiger partial charge in [-0.15, -0.1) is 0 Å². The van der Waals surface area contributed by atoms with E-state index in [2.05, 4.69) is 12.2 Å². The van der Waals surface area contributed by atoms with Crippen LogP contribution in [0.5, 0.6) is 0 Å². The largest absolute Gasteiger partial charge is 0.352 e. The zero-order chi connectivity index (χ0) is 17.7. The van der Waals surface area contributed by atoms with Crippen LogP contribution in [0.1, 0.15) is 32.6 Å². The van der Waals surface area contributed by atoms with Crippen molar-refractivity contribution in [2.24, 2.45) is 11.7 Å². The Labute approximate surface area is 140 Å². The molecule has 2 rings (SSSR count). The van der Waals surface area contributed by atoms with E-state index in [-0.39, 0.29) is 36.5 Å². The first-order chi connectivity index (χ1) is 11.5. The molecule has 0 aromatic heterocycles. The molecule has 24 heavy (non-hydrogen) atoms. The molecule has 5 nitrogen and oxygen atoms in total. The van der Waals surface area contributed by atoms with Gasteiger partial charge in [-0.2, -0.15) is 0 Å². The second kappa shape index (κ2) is 8.19. The third-order valence-electron chi connectivity index (χ3n) is 4.23. The van der Waals surface area contributed by atoms with Gasteiger partial charge < -0.3 is 16.0 Å². The van der Waals surface area contributed by atoms with Gasteiger partial charge in [0, 0.05) is 31.6 Å². The van der Waals surface area contributed by atoms with E-state index in [0.717, 1.165) is 31.4 Å². The molecule has 0 saturated carbocycles. The predicted octanol–water partition coefficient (Wildman–Crippen LogP) is 1.95. The van der Waals surface area contributed by atoms with Crippen LogP contribution in [-0.4, -0.2) is 30.9 Å². The van der Waals surface area contributed by atoms with Gasteiger partial charge in [0.2, 0.25) is 11.8 Å². The van der Waals surface area contributed by atoms with Crippen molar-refractivity contribution < 1.29 is 18.4 Å². The highest BCUT2D eigenvalue weighted by molar-refractivity contribution is 6.00. The van der Waals surface area contributed by atoms with Crippen LogP contribution in [0.4, 0.5) is 14.5 Å². The first-order valence-electron chi connectivity index (χ1n) is 8.22. The normalized spacial score (nSPS) is 18.8. The first-order valence-corrected chi connectivity index (χ1v) is 8.22. The van der Waals surface area contributed by atoms with Crippen molar-refractivity contribution in [2.75, 3.05) is 18.0 Å². The summed E-state index contributed by atoms with van der Waals surface area (Å²) in [7, 11) is 0. The third-order valence-corrected chi connectivity index (χ3v) is 4.23. The third kappa shape index (κ3) is 4.29. The minimum atomic E-state index is -0.813. The van der Waals surface area contributed by atoms with Crippen LogP contribution in [0.25, 0.3) is 0 Å². The van der Waals surface area contributed by atoms with E-state index < -0.39 is 17.6 Å². The number of rotatable bonds is 7. The van der Waals surface area contributed by atoms with Crippen molar-refractivity contribution >= 4 is 17.5 Å². The van der Waals surface area contributed by atoms with E-state index >= 15 is 0 Å². The smallest absolute Gasteiger partial charge is 0.227 e. The summed E-state index contributed by atoms with van der Waals surface area (Å²) in [5.41, 5.74) is 5.66. The Morgan fingerprint density at radius 2 is 2.21 bits per heavy atom. The number of nitrogens with two attached hydrogens (primary N) is 1. The zero-order valence-corrected chi connectivity index (χ0v) is 13.7. The van der Waals surface area contributed by atoms with Crippen LogP contribution in [0.2, 0.25) is 0 Å². The maximum Gasteiger partial charge on any atom is 0.227 e. The topological polar surface area (TPSA) is 75.4 Å². The van der Waals surface area contributed by atoms with Gasteiger partial charge >= 0.3 is 0 Å². The second-order valence-corrected chi connectivity index (χ2v) is 6.08. The number of anilines is 1. The van der Waals surface area contributed by atoms with Gasteiger partial charge in [-0.05, 0) is 18.6 Å². The Kier molecular flexibility index (Phi) is 6.25. The number of nitrogens with zero attached hydrogens (tertiary/aromatic N) is 1. The molecule has 3 N–H and O–H groups in total. The van der Waals surface area contributed by atoms with Gasteiger partial charge in [0.1, 0.15) is 11.6 Å². The molecule has 1 aromatic carbocycles. The molecule has 0 aliphatic carbocycles. The molecule has 0 spiro atoms. The Balaban J connectivity index is 2.02. The van der Waals surface area contributed by atoms with Crippen molar-refractivity contribution in [2.45, 2.75) is 38.6 Å². The van der Waals surface area contributed by atoms with Crippen LogP contribution in [0.3, 0.4) is 0 Å². The summed E-state index contributed by atoms with van der Waals surface area (Å²) in [5.74, 6) is -2.68. The van der Waals surface area contributed by atoms with E-state index in [0.29, 0.717) is 6.54 Å². The Hall–Kier alpha value is -2.02. The van der Waals surface area contributed by atoms with Gasteiger partial charge in [-0.3, -0.25) is 9.59 Å². The van der Waals surface area contributed by atoms with Crippen LogP contribution >= 0.6 is 0 Å². The summed E-state index contributed by atoms with van der Waals surface area (Å²) in [4.78, 5) is 25.7. The monoisotopic (exact) mass is 339 g/mol. The SMILES string of the molecule is CCCCC(CN)NC(=O)C1CC(=O)N(c2ccc(F)cc2F)C1. The number of hydrogen-bond acceptors (Lipinski definition) is 3. The Morgan fingerprint density at radius 1 is 1.46 bits per heavy atom. The Bertz CT molecular complexity index is 609. The maximum absolute atomic E-state index is 13.9. The Morgan fingerprint density at radius 3 is 2.83 bits per heavy atom. The van der Waals surface area contributed by atoms with Crippen molar-refractivity contribution in [3.8, 4) is 0 Å². The summed E-state index contributed by atoms with van der Waals surface area (Å²) < 4.78 is 26.9. The van der Waals surface area contributed by atoms with E-state index in [1.165, 1.54) is 11.0 Å². The molecule has 1 heterocycles. The van der Waals surface area contributed by atoms with Gasteiger partial charge in [0.25, 0.3) is 0 Å². The van der Waals surface area contributed by atoms with E-state index in [1.807, 2.05) is 0 Å². The number of hydrogen-bond donors (Lipinski definition) is 2. The first kappa shape index (κ1) is 18.3. The maximum atomic E-state index is 13.9. The fourth-order valence-corrected chi connectivity index (χ4v) is 2.83. The average molecular weight is 339 g/mol. The average Bonchev–Trinajstić information content (AvgIpc) is 2.93. The van der Waals surface area contributed by atoms with Gasteiger partial charge in [-0.25, -0.2) is 8.78 Å². The van der Waals surface area contributed by atoms with Crippen LogP contribution in [0.15, 0.2) is 18.2 Å². The molecular formula is C17H23F2N3O2. The van der Waals surface area contributed by atoms with Gasteiger partial charge in [0.05, 0.1) is 11.6 Å². The summed E-state index contributed by atoms with van der Waals surface area (Å²) in [6.45, 7) is 2.47. The molecule has 0 bridgehead atoms. The molecule has 1 aliphatic rings. The molecule has 1 aromatic rings. The quantitative estimate of drug-likeness (QED) is 0.797. The summed E-state index contributed by atoms with van der Waals surface area (Å²) in [5, 5.41) is 2.86. The van der Waals surface area contributed by atoms with Crippen LogP contribution in [-0.2, 0) is 9.59 Å². The van der Waals surface area contributed by atoms with Gasteiger partial charge in [0.15, 0.2) is 0 Å². The number of unbranched alkanes of at least 4 members (excludes halogenated alkanes) is 1. The number of carbonyl (C=O) groups is 2. The molecule has 1 fully saturated rings. The number of carbonyl (C=O) groups excluding carboxylic acids is 2. The van der Waals surface area contributed by atoms with Crippen molar-refractivity contribution in [3.63, 3.8) is 0 Å². The standard InChI is InChI=1S/C17H23F2N3O2/c1-2-3-4-13(9-20)21-17(24)11-7-16(23)22(10-11)15-6-5-12(18)8-14(15)19/h5-6,8,11,13H,2-4,7,9-10,20H2,1H3,(H,21,24). The number of nitrogens with one attached hydrogen (secondary N) is 1.